The first kappa shape index (κ1) is 21.2. The van der Waals surface area contributed by atoms with Crippen molar-refractivity contribution in [1.29, 1.82) is 0 Å². The number of carbonyl (C=O) groups excluding carboxylic acids is 1. The number of ether oxygens (including phenoxy) is 1. The van der Waals surface area contributed by atoms with E-state index in [1.54, 1.807) is 26.0 Å². The predicted molar refractivity (Wildman–Crippen MR) is 123 cm³/mol. The summed E-state index contributed by atoms with van der Waals surface area (Å²) in [5.74, 6) is -0.484. The van der Waals surface area contributed by atoms with Crippen LogP contribution in [0.4, 0.5) is 21.7 Å². The quantitative estimate of drug-likeness (QED) is 0.341. The average Bonchev–Trinajstić information content (AvgIpc) is 2.81. The van der Waals surface area contributed by atoms with Crippen LogP contribution in [-0.2, 0) is 4.74 Å². The molecular weight excluding hydrogens is 405 g/mol. The minimum absolute atomic E-state index is 0.225. The molecule has 0 radical (unpaired) electrons. The maximum Gasteiger partial charge on any atom is 0.342 e. The summed E-state index contributed by atoms with van der Waals surface area (Å²) >= 11 is 0. The fourth-order valence-electron chi connectivity index (χ4n) is 3.46. The van der Waals surface area contributed by atoms with E-state index in [1.165, 1.54) is 12.1 Å². The number of hydrogen-bond acceptors (Lipinski definition) is 5. The van der Waals surface area contributed by atoms with Crippen molar-refractivity contribution >= 4 is 23.3 Å². The molecule has 0 aliphatic heterocycles. The molecule has 0 saturated heterocycles. The second-order valence-corrected chi connectivity index (χ2v) is 7.07. The van der Waals surface area contributed by atoms with Gasteiger partial charge in [-0.25, -0.2) is 19.2 Å². The Labute approximate surface area is 186 Å². The number of benzene rings is 3. The highest BCUT2D eigenvalue weighted by molar-refractivity contribution is 5.97. The molecule has 0 aliphatic rings. The second kappa shape index (κ2) is 9.39. The van der Waals surface area contributed by atoms with E-state index in [-0.39, 0.29) is 18.0 Å². The molecule has 0 aliphatic carbocycles. The summed E-state index contributed by atoms with van der Waals surface area (Å²) in [5.41, 5.74) is 3.47. The number of anilines is 3. The molecule has 0 saturated carbocycles. The number of carbonyl (C=O) groups is 1. The van der Waals surface area contributed by atoms with Crippen LogP contribution >= 0.6 is 0 Å². The lowest BCUT2D eigenvalue weighted by Gasteiger charge is -2.24. The van der Waals surface area contributed by atoms with E-state index < -0.39 is 5.97 Å². The highest BCUT2D eigenvalue weighted by Crippen LogP contribution is 2.35. The van der Waals surface area contributed by atoms with Gasteiger partial charge in [-0.05, 0) is 62.4 Å². The number of aryl methyl sites for hydroxylation is 1. The van der Waals surface area contributed by atoms with Crippen LogP contribution in [0.25, 0.3) is 11.3 Å². The molecule has 1 aromatic heterocycles. The largest absolute Gasteiger partial charge is 0.462 e. The molecule has 32 heavy (non-hydrogen) atoms. The van der Waals surface area contributed by atoms with E-state index >= 15 is 0 Å². The molecule has 0 spiro atoms. The zero-order valence-electron chi connectivity index (χ0n) is 17.8. The molecule has 3 aromatic carbocycles. The van der Waals surface area contributed by atoms with Crippen LogP contribution in [0.5, 0.6) is 0 Å². The van der Waals surface area contributed by atoms with Crippen molar-refractivity contribution in [2.75, 3.05) is 11.5 Å². The number of hydrogen-bond donors (Lipinski definition) is 0. The summed E-state index contributed by atoms with van der Waals surface area (Å²) < 4.78 is 18.8. The molecule has 6 heteroatoms. The third kappa shape index (κ3) is 4.34. The molecular formula is C26H22FN3O2. The monoisotopic (exact) mass is 427 g/mol. The molecule has 0 bridgehead atoms. The SMILES string of the molecule is CCOC(=O)c1c(C)nc(N(c2ccccc2)c2ccccc2)nc1-c1ccc(F)cc1. The number of halogens is 1. The molecule has 4 aromatic rings. The highest BCUT2D eigenvalue weighted by atomic mass is 19.1. The van der Waals surface area contributed by atoms with Gasteiger partial charge in [-0.1, -0.05) is 36.4 Å². The van der Waals surface area contributed by atoms with E-state index in [4.69, 9.17) is 9.72 Å². The summed E-state index contributed by atoms with van der Waals surface area (Å²) in [6, 6.07) is 25.3. The van der Waals surface area contributed by atoms with Gasteiger partial charge in [-0.3, -0.25) is 4.90 Å². The summed E-state index contributed by atoms with van der Waals surface area (Å²) in [4.78, 5) is 24.1. The number of para-hydroxylation sites is 2. The normalized spacial score (nSPS) is 10.6. The summed E-state index contributed by atoms with van der Waals surface area (Å²) in [5, 5.41) is 0. The van der Waals surface area contributed by atoms with Gasteiger partial charge in [0.25, 0.3) is 0 Å². The van der Waals surface area contributed by atoms with E-state index in [0.717, 1.165) is 11.4 Å². The average molecular weight is 427 g/mol. The predicted octanol–water partition coefficient (Wildman–Crippen LogP) is 6.24. The number of aromatic nitrogens is 2. The maximum atomic E-state index is 13.6. The Morgan fingerprint density at radius 3 is 1.97 bits per heavy atom. The van der Waals surface area contributed by atoms with Gasteiger partial charge in [0.05, 0.1) is 18.0 Å². The van der Waals surface area contributed by atoms with E-state index in [1.807, 2.05) is 65.6 Å². The van der Waals surface area contributed by atoms with E-state index in [2.05, 4.69) is 4.98 Å². The van der Waals surface area contributed by atoms with E-state index in [0.29, 0.717) is 22.9 Å². The standard InChI is InChI=1S/C26H22FN3O2/c1-3-32-25(31)23-18(2)28-26(29-24(23)19-14-16-20(27)17-15-19)30(21-10-6-4-7-11-21)22-12-8-5-9-13-22/h4-17H,3H2,1-2H3. The molecule has 0 amide bonds. The van der Waals surface area contributed by atoms with Gasteiger partial charge in [-0.2, -0.15) is 0 Å². The Bertz CT molecular complexity index is 1170. The first-order chi connectivity index (χ1) is 15.6. The lowest BCUT2D eigenvalue weighted by molar-refractivity contribution is 0.0525. The summed E-state index contributed by atoms with van der Waals surface area (Å²) in [7, 11) is 0. The zero-order chi connectivity index (χ0) is 22.5. The maximum absolute atomic E-state index is 13.6. The number of esters is 1. The molecule has 160 valence electrons. The molecule has 0 unspecified atom stereocenters. The Kier molecular flexibility index (Phi) is 6.22. The summed E-state index contributed by atoms with van der Waals surface area (Å²) in [6.45, 7) is 3.72. The van der Waals surface area contributed by atoms with Crippen LogP contribution in [0.1, 0.15) is 23.0 Å². The van der Waals surface area contributed by atoms with Gasteiger partial charge in [0.15, 0.2) is 0 Å². The second-order valence-electron chi connectivity index (χ2n) is 7.07. The fourth-order valence-corrected chi connectivity index (χ4v) is 3.46. The van der Waals surface area contributed by atoms with Gasteiger partial charge < -0.3 is 4.74 Å². The molecule has 0 N–H and O–H groups in total. The number of nitrogens with zero attached hydrogens (tertiary/aromatic N) is 3. The third-order valence-electron chi connectivity index (χ3n) is 4.90. The van der Waals surface area contributed by atoms with Crippen molar-refractivity contribution in [3.63, 3.8) is 0 Å². The van der Waals surface area contributed by atoms with Gasteiger partial charge >= 0.3 is 5.97 Å². The smallest absolute Gasteiger partial charge is 0.342 e. The molecule has 5 nitrogen and oxygen atoms in total. The Hall–Kier alpha value is -4.06. The number of rotatable bonds is 6. The fraction of sp³-hybridized carbons (Fsp3) is 0.115. The highest BCUT2D eigenvalue weighted by Gasteiger charge is 2.24. The van der Waals surface area contributed by atoms with Gasteiger partial charge in [0, 0.05) is 16.9 Å². The summed E-state index contributed by atoms with van der Waals surface area (Å²) in [6.07, 6.45) is 0. The van der Waals surface area contributed by atoms with Gasteiger partial charge in [-0.15, -0.1) is 0 Å². The molecule has 4 rings (SSSR count). The van der Waals surface area contributed by atoms with Crippen molar-refractivity contribution in [2.45, 2.75) is 13.8 Å². The lowest BCUT2D eigenvalue weighted by Crippen LogP contribution is -2.18. The van der Waals surface area contributed by atoms with Crippen LogP contribution in [0, 0.1) is 12.7 Å². The third-order valence-corrected chi connectivity index (χ3v) is 4.90. The molecule has 0 atom stereocenters. The first-order valence-electron chi connectivity index (χ1n) is 10.3. The topological polar surface area (TPSA) is 55.3 Å². The lowest BCUT2D eigenvalue weighted by atomic mass is 10.0. The van der Waals surface area contributed by atoms with Crippen LogP contribution in [-0.4, -0.2) is 22.5 Å². The van der Waals surface area contributed by atoms with Crippen molar-refractivity contribution in [1.82, 2.24) is 9.97 Å². The van der Waals surface area contributed by atoms with Crippen LogP contribution in [0.2, 0.25) is 0 Å². The Balaban J connectivity index is 1.95. The van der Waals surface area contributed by atoms with Crippen molar-refractivity contribution in [2.24, 2.45) is 0 Å². The first-order valence-corrected chi connectivity index (χ1v) is 10.3. The Morgan fingerprint density at radius 2 is 1.44 bits per heavy atom. The van der Waals surface area contributed by atoms with Crippen molar-refractivity contribution < 1.29 is 13.9 Å². The minimum Gasteiger partial charge on any atom is -0.462 e. The van der Waals surface area contributed by atoms with Crippen molar-refractivity contribution in [3.05, 3.63) is 102 Å². The van der Waals surface area contributed by atoms with Crippen LogP contribution < -0.4 is 4.90 Å². The molecule has 0 fully saturated rings. The van der Waals surface area contributed by atoms with Gasteiger partial charge in [0.1, 0.15) is 11.4 Å². The minimum atomic E-state index is -0.512. The van der Waals surface area contributed by atoms with Crippen LogP contribution in [0.3, 0.4) is 0 Å². The van der Waals surface area contributed by atoms with Gasteiger partial charge in [0.2, 0.25) is 5.95 Å². The zero-order valence-corrected chi connectivity index (χ0v) is 17.8. The van der Waals surface area contributed by atoms with E-state index in [9.17, 15) is 9.18 Å². The Morgan fingerprint density at radius 1 is 0.875 bits per heavy atom. The van der Waals surface area contributed by atoms with Crippen LogP contribution in [0.15, 0.2) is 84.9 Å². The molecule has 1 heterocycles. The van der Waals surface area contributed by atoms with Crippen molar-refractivity contribution in [3.8, 4) is 11.3 Å².